The second-order valence-electron chi connectivity index (χ2n) is 3.55. The Morgan fingerprint density at radius 2 is 2.38 bits per heavy atom. The number of nitrogens with two attached hydrogens (primary N) is 1. The van der Waals surface area contributed by atoms with Crippen LogP contribution in [0.1, 0.15) is 12.1 Å². The van der Waals surface area contributed by atoms with E-state index in [4.69, 9.17) is 10.9 Å². The second-order valence-corrected chi connectivity index (χ2v) is 4.46. The lowest BCUT2D eigenvalue weighted by atomic mass is 10.3. The molecular weight excluding hydrogens is 272 g/mol. The van der Waals surface area contributed by atoms with Gasteiger partial charge in [-0.1, -0.05) is 5.16 Å². The molecule has 1 heterocycles. The third-order valence-corrected chi connectivity index (χ3v) is 2.57. The van der Waals surface area contributed by atoms with Crippen LogP contribution in [-0.4, -0.2) is 34.5 Å². The smallest absolute Gasteiger partial charge is 0.140 e. The summed E-state index contributed by atoms with van der Waals surface area (Å²) in [6.07, 6.45) is 2.32. The van der Waals surface area contributed by atoms with Crippen molar-refractivity contribution < 1.29 is 5.21 Å². The van der Waals surface area contributed by atoms with E-state index in [1.54, 1.807) is 6.20 Å². The van der Waals surface area contributed by atoms with Gasteiger partial charge in [0, 0.05) is 30.2 Å². The number of hydrogen-bond acceptors (Lipinski definition) is 4. The van der Waals surface area contributed by atoms with Crippen LogP contribution in [0.3, 0.4) is 0 Å². The molecule has 0 spiro atoms. The van der Waals surface area contributed by atoms with Gasteiger partial charge in [-0.05, 0) is 35.1 Å². The Morgan fingerprint density at radius 1 is 1.62 bits per heavy atom. The number of hydrogen-bond donors (Lipinski definition) is 2. The Balaban J connectivity index is 2.39. The Labute approximate surface area is 103 Å². The number of rotatable bonds is 5. The van der Waals surface area contributed by atoms with Crippen LogP contribution in [0.25, 0.3) is 0 Å². The van der Waals surface area contributed by atoms with E-state index >= 15 is 0 Å². The van der Waals surface area contributed by atoms with Crippen LogP contribution in [-0.2, 0) is 6.54 Å². The highest BCUT2D eigenvalue weighted by Crippen LogP contribution is 2.08. The lowest BCUT2D eigenvalue weighted by molar-refractivity contribution is 0.308. The minimum absolute atomic E-state index is 0.246. The topological polar surface area (TPSA) is 74.7 Å². The normalized spacial score (nSPS) is 12.1. The van der Waals surface area contributed by atoms with Gasteiger partial charge in [0.15, 0.2) is 0 Å². The van der Waals surface area contributed by atoms with E-state index in [0.717, 1.165) is 23.3 Å². The summed E-state index contributed by atoms with van der Waals surface area (Å²) in [5.74, 6) is 0.246. The van der Waals surface area contributed by atoms with Crippen LogP contribution in [0.15, 0.2) is 28.0 Å². The fraction of sp³-hybridized carbons (Fsp3) is 0.400. The predicted molar refractivity (Wildman–Crippen MR) is 66.3 cm³/mol. The molecular formula is C10H15BrN4O. The van der Waals surface area contributed by atoms with Crippen molar-refractivity contribution in [1.82, 2.24) is 9.88 Å². The van der Waals surface area contributed by atoms with E-state index in [-0.39, 0.29) is 5.84 Å². The van der Waals surface area contributed by atoms with Crippen LogP contribution >= 0.6 is 15.9 Å². The van der Waals surface area contributed by atoms with Crippen molar-refractivity contribution in [3.05, 3.63) is 28.5 Å². The van der Waals surface area contributed by atoms with Crippen molar-refractivity contribution in [2.75, 3.05) is 13.6 Å². The molecule has 0 atom stereocenters. The molecule has 88 valence electrons. The summed E-state index contributed by atoms with van der Waals surface area (Å²) in [7, 11) is 1.97. The standard InChI is InChI=1S/C10H15BrN4O/c1-15(5-4-10(12)14-16)7-9-3-2-8(11)6-13-9/h2-3,6,16H,4-5,7H2,1H3,(H2,12,14). The van der Waals surface area contributed by atoms with E-state index in [9.17, 15) is 0 Å². The predicted octanol–water partition coefficient (Wildman–Crippen LogP) is 1.41. The molecule has 0 aromatic carbocycles. The van der Waals surface area contributed by atoms with Gasteiger partial charge >= 0.3 is 0 Å². The molecule has 0 bridgehead atoms. The minimum atomic E-state index is 0.246. The van der Waals surface area contributed by atoms with Gasteiger partial charge in [-0.2, -0.15) is 0 Å². The van der Waals surface area contributed by atoms with E-state index in [1.807, 2.05) is 19.2 Å². The molecule has 1 aromatic heterocycles. The molecule has 0 aliphatic carbocycles. The van der Waals surface area contributed by atoms with Crippen LogP contribution in [0.5, 0.6) is 0 Å². The summed E-state index contributed by atoms with van der Waals surface area (Å²) in [6.45, 7) is 1.47. The van der Waals surface area contributed by atoms with Crippen LogP contribution in [0, 0.1) is 0 Å². The Hall–Kier alpha value is -1.14. The monoisotopic (exact) mass is 286 g/mol. The second kappa shape index (κ2) is 6.44. The fourth-order valence-corrected chi connectivity index (χ4v) is 1.45. The summed E-state index contributed by atoms with van der Waals surface area (Å²) < 4.78 is 0.968. The zero-order valence-corrected chi connectivity index (χ0v) is 10.7. The first kappa shape index (κ1) is 12.9. The molecule has 6 heteroatoms. The zero-order chi connectivity index (χ0) is 12.0. The van der Waals surface area contributed by atoms with E-state index in [2.05, 4.69) is 31.0 Å². The summed E-state index contributed by atoms with van der Waals surface area (Å²) in [4.78, 5) is 6.33. The van der Waals surface area contributed by atoms with E-state index in [1.165, 1.54) is 0 Å². The first-order valence-corrected chi connectivity index (χ1v) is 5.66. The molecule has 0 amide bonds. The van der Waals surface area contributed by atoms with Gasteiger partial charge in [-0.25, -0.2) is 0 Å². The van der Waals surface area contributed by atoms with Crippen LogP contribution < -0.4 is 5.73 Å². The zero-order valence-electron chi connectivity index (χ0n) is 9.10. The van der Waals surface area contributed by atoms with Gasteiger partial charge < -0.3 is 15.8 Å². The van der Waals surface area contributed by atoms with E-state index < -0.39 is 0 Å². The van der Waals surface area contributed by atoms with Crippen LogP contribution in [0.4, 0.5) is 0 Å². The van der Waals surface area contributed by atoms with Crippen molar-refractivity contribution in [2.24, 2.45) is 10.9 Å². The molecule has 0 aliphatic rings. The molecule has 0 saturated carbocycles. The van der Waals surface area contributed by atoms with Crippen LogP contribution in [0.2, 0.25) is 0 Å². The number of pyridine rings is 1. The Bertz CT molecular complexity index is 352. The van der Waals surface area contributed by atoms with Crippen molar-refractivity contribution in [1.29, 1.82) is 0 Å². The number of aromatic nitrogens is 1. The van der Waals surface area contributed by atoms with Gasteiger partial charge in [0.05, 0.1) is 5.69 Å². The molecule has 0 radical (unpaired) electrons. The van der Waals surface area contributed by atoms with Crippen molar-refractivity contribution in [3.63, 3.8) is 0 Å². The maximum atomic E-state index is 8.39. The first-order valence-electron chi connectivity index (χ1n) is 4.87. The third kappa shape index (κ3) is 4.59. The lowest BCUT2D eigenvalue weighted by Gasteiger charge is -2.15. The summed E-state index contributed by atoms with van der Waals surface area (Å²) in [5, 5.41) is 11.3. The number of oxime groups is 1. The molecule has 1 rings (SSSR count). The quantitative estimate of drug-likeness (QED) is 0.371. The fourth-order valence-electron chi connectivity index (χ4n) is 1.21. The SMILES string of the molecule is CN(CC/C(N)=N/O)Cc1ccc(Br)cn1. The van der Waals surface area contributed by atoms with Crippen molar-refractivity contribution >= 4 is 21.8 Å². The highest BCUT2D eigenvalue weighted by molar-refractivity contribution is 9.10. The maximum absolute atomic E-state index is 8.39. The average molecular weight is 287 g/mol. The van der Waals surface area contributed by atoms with Gasteiger partial charge in [0.25, 0.3) is 0 Å². The Kier molecular flexibility index (Phi) is 5.21. The molecule has 5 nitrogen and oxygen atoms in total. The number of halogens is 1. The third-order valence-electron chi connectivity index (χ3n) is 2.10. The summed E-state index contributed by atoms with van der Waals surface area (Å²) in [5.41, 5.74) is 6.38. The largest absolute Gasteiger partial charge is 0.409 e. The first-order chi connectivity index (χ1) is 7.61. The molecule has 0 unspecified atom stereocenters. The molecule has 16 heavy (non-hydrogen) atoms. The minimum Gasteiger partial charge on any atom is -0.409 e. The molecule has 0 saturated heterocycles. The van der Waals surface area contributed by atoms with Gasteiger partial charge in [-0.3, -0.25) is 4.98 Å². The highest BCUT2D eigenvalue weighted by atomic mass is 79.9. The molecule has 1 aromatic rings. The average Bonchev–Trinajstić information content (AvgIpc) is 2.29. The van der Waals surface area contributed by atoms with Crippen molar-refractivity contribution in [3.8, 4) is 0 Å². The molecule has 3 N–H and O–H groups in total. The lowest BCUT2D eigenvalue weighted by Crippen LogP contribution is -2.24. The van der Waals surface area contributed by atoms with Gasteiger partial charge in [0.2, 0.25) is 0 Å². The molecule has 0 fully saturated rings. The van der Waals surface area contributed by atoms with Gasteiger partial charge in [0.1, 0.15) is 5.84 Å². The molecule has 0 aliphatic heterocycles. The summed E-state index contributed by atoms with van der Waals surface area (Å²) in [6, 6.07) is 3.92. The highest BCUT2D eigenvalue weighted by Gasteiger charge is 2.02. The number of nitrogens with zero attached hydrogens (tertiary/aromatic N) is 3. The van der Waals surface area contributed by atoms with E-state index in [0.29, 0.717) is 6.42 Å². The van der Waals surface area contributed by atoms with Gasteiger partial charge in [-0.15, -0.1) is 0 Å². The summed E-state index contributed by atoms with van der Waals surface area (Å²) >= 11 is 3.33. The maximum Gasteiger partial charge on any atom is 0.140 e. The van der Waals surface area contributed by atoms with Crippen molar-refractivity contribution in [2.45, 2.75) is 13.0 Å². The Morgan fingerprint density at radius 3 is 2.94 bits per heavy atom. The number of amidine groups is 1.